The number of halogens is 2. The molecule has 0 radical (unpaired) electrons. The van der Waals surface area contributed by atoms with Gasteiger partial charge in [0, 0.05) is 9.77 Å². The second-order valence-corrected chi connectivity index (χ2v) is 4.98. The summed E-state index contributed by atoms with van der Waals surface area (Å²) in [6, 6.07) is 3.84. The summed E-state index contributed by atoms with van der Waals surface area (Å²) >= 11 is 9.08. The Kier molecular flexibility index (Phi) is 4.17. The number of imidazole rings is 1. The number of nitrogens with zero attached hydrogens (tertiary/aromatic N) is 2. The van der Waals surface area contributed by atoms with Crippen LogP contribution in [-0.2, 0) is 4.18 Å². The van der Waals surface area contributed by atoms with E-state index >= 15 is 0 Å². The number of fused-ring (bicyclic) bond motifs is 1. The van der Waals surface area contributed by atoms with Crippen LogP contribution in [0.3, 0.4) is 0 Å². The van der Waals surface area contributed by atoms with Crippen LogP contribution in [0.2, 0.25) is 5.15 Å². The molecule has 0 aliphatic carbocycles. The fourth-order valence-corrected chi connectivity index (χ4v) is 2.24. The highest BCUT2D eigenvalue weighted by molar-refractivity contribution is 14.1. The first-order valence-electron chi connectivity index (χ1n) is 4.51. The monoisotopic (exact) mass is 370 g/mol. The fourth-order valence-electron chi connectivity index (χ4n) is 1.15. The molecule has 16 heavy (non-hydrogen) atoms. The lowest BCUT2D eigenvalue weighted by molar-refractivity contribution is 0.366. The van der Waals surface area contributed by atoms with E-state index in [0.29, 0.717) is 17.6 Å². The molecule has 0 saturated carbocycles. The minimum absolute atomic E-state index is 0.328. The largest absolute Gasteiger partial charge is 0.378 e. The summed E-state index contributed by atoms with van der Waals surface area (Å²) in [4.78, 5) is 4.16. The lowest BCUT2D eigenvalue weighted by atomic mass is 10.5. The molecule has 4 nitrogen and oxygen atoms in total. The Morgan fingerprint density at radius 1 is 1.56 bits per heavy atom. The Morgan fingerprint density at radius 2 is 2.38 bits per heavy atom. The Hall–Kier alpha value is -0.180. The summed E-state index contributed by atoms with van der Waals surface area (Å²) in [6.07, 6.45) is 1.90. The topological polar surface area (TPSA) is 35.8 Å². The van der Waals surface area contributed by atoms with Gasteiger partial charge in [0.05, 0.1) is 6.61 Å². The van der Waals surface area contributed by atoms with Crippen molar-refractivity contribution in [3.63, 3.8) is 0 Å². The van der Waals surface area contributed by atoms with Crippen molar-refractivity contribution in [2.24, 2.45) is 0 Å². The van der Waals surface area contributed by atoms with Gasteiger partial charge < -0.3 is 4.18 Å². The van der Waals surface area contributed by atoms with Crippen LogP contribution < -0.4 is 4.18 Å². The van der Waals surface area contributed by atoms with Gasteiger partial charge >= 0.3 is 0 Å². The first-order chi connectivity index (χ1) is 7.72. The molecule has 7 heteroatoms. The van der Waals surface area contributed by atoms with Gasteiger partial charge in [0.2, 0.25) is 12.3 Å². The van der Waals surface area contributed by atoms with Crippen LogP contribution in [0.15, 0.2) is 18.3 Å². The van der Waals surface area contributed by atoms with Gasteiger partial charge in [-0.3, -0.25) is 8.58 Å². The molecule has 2 aromatic heterocycles. The van der Waals surface area contributed by atoms with Crippen LogP contribution >= 0.6 is 46.5 Å². The maximum absolute atomic E-state index is 5.97. The van der Waals surface area contributed by atoms with Crippen LogP contribution in [0.5, 0.6) is 5.88 Å². The van der Waals surface area contributed by atoms with Crippen LogP contribution in [0.1, 0.15) is 6.92 Å². The third kappa shape index (κ3) is 2.55. The van der Waals surface area contributed by atoms with Crippen molar-refractivity contribution in [3.05, 3.63) is 27.1 Å². The van der Waals surface area contributed by atoms with Gasteiger partial charge in [-0.1, -0.05) is 11.6 Å². The van der Waals surface area contributed by atoms with Crippen molar-refractivity contribution < 1.29 is 8.37 Å². The molecular weight excluding hydrogens is 363 g/mol. The van der Waals surface area contributed by atoms with E-state index in [0.717, 1.165) is 21.5 Å². The zero-order chi connectivity index (χ0) is 11.5. The minimum atomic E-state index is 0.328. The Bertz CT molecular complexity index is 505. The first kappa shape index (κ1) is 12.3. The predicted octanol–water partition coefficient (Wildman–Crippen LogP) is 3.57. The highest BCUT2D eigenvalue weighted by Gasteiger charge is 2.12. The Labute approximate surface area is 116 Å². The number of hydrogen-bond donors (Lipinski definition) is 0. The van der Waals surface area contributed by atoms with Crippen LogP contribution in [-0.4, -0.2) is 16.0 Å². The number of hydrogen-bond acceptors (Lipinski definition) is 4. The highest BCUT2D eigenvalue weighted by Crippen LogP contribution is 2.29. The van der Waals surface area contributed by atoms with E-state index in [1.165, 1.54) is 0 Å². The van der Waals surface area contributed by atoms with E-state index in [1.54, 1.807) is 4.40 Å². The minimum Gasteiger partial charge on any atom is -0.378 e. The van der Waals surface area contributed by atoms with Gasteiger partial charge in [0.25, 0.3) is 5.88 Å². The fraction of sp³-hybridized carbons (Fsp3) is 0.222. The maximum atomic E-state index is 5.97. The van der Waals surface area contributed by atoms with E-state index in [2.05, 4.69) is 27.6 Å². The summed E-state index contributed by atoms with van der Waals surface area (Å²) in [6.45, 7) is 2.45. The van der Waals surface area contributed by atoms with Crippen molar-refractivity contribution >= 4 is 52.2 Å². The molecule has 0 N–H and O–H groups in total. The average molecular weight is 371 g/mol. The quantitative estimate of drug-likeness (QED) is 0.468. The smallest absolute Gasteiger partial charge is 0.255 e. The summed E-state index contributed by atoms with van der Waals surface area (Å²) in [5, 5.41) is 0.328. The lowest BCUT2D eigenvalue weighted by Gasteiger charge is -2.02. The lowest BCUT2D eigenvalue weighted by Crippen LogP contribution is -1.91. The van der Waals surface area contributed by atoms with E-state index in [9.17, 15) is 0 Å². The molecule has 0 amide bonds. The number of pyridine rings is 1. The predicted molar refractivity (Wildman–Crippen MR) is 72.8 cm³/mol. The van der Waals surface area contributed by atoms with Crippen LogP contribution in [0, 0.1) is 3.57 Å². The van der Waals surface area contributed by atoms with Gasteiger partial charge in [0.1, 0.15) is 5.65 Å². The molecule has 0 saturated heterocycles. The third-order valence-electron chi connectivity index (χ3n) is 1.78. The molecule has 0 atom stereocenters. The summed E-state index contributed by atoms with van der Waals surface area (Å²) in [5.74, 6) is 0.480. The van der Waals surface area contributed by atoms with Crippen molar-refractivity contribution in [2.45, 2.75) is 6.92 Å². The number of rotatable bonds is 4. The summed E-state index contributed by atoms with van der Waals surface area (Å²) in [7, 11) is 0. The third-order valence-corrected chi connectivity index (χ3v) is 3.22. The maximum Gasteiger partial charge on any atom is 0.255 e. The summed E-state index contributed by atoms with van der Waals surface area (Å²) < 4.78 is 13.2. The molecular formula is C9H8ClIN2O2S. The Balaban J connectivity index is 2.34. The summed E-state index contributed by atoms with van der Waals surface area (Å²) in [5.41, 5.74) is 0.748. The van der Waals surface area contributed by atoms with Gasteiger partial charge in [0.15, 0.2) is 5.15 Å². The highest BCUT2D eigenvalue weighted by atomic mass is 127. The van der Waals surface area contributed by atoms with Crippen molar-refractivity contribution in [3.8, 4) is 5.88 Å². The van der Waals surface area contributed by atoms with E-state index in [1.807, 2.05) is 25.3 Å². The molecule has 0 aromatic carbocycles. The molecule has 2 heterocycles. The zero-order valence-electron chi connectivity index (χ0n) is 8.31. The zero-order valence-corrected chi connectivity index (χ0v) is 12.0. The van der Waals surface area contributed by atoms with E-state index in [-0.39, 0.29) is 0 Å². The van der Waals surface area contributed by atoms with Gasteiger partial charge in [-0.05, 0) is 41.6 Å². The van der Waals surface area contributed by atoms with Gasteiger partial charge in [-0.25, -0.2) is 4.98 Å². The van der Waals surface area contributed by atoms with E-state index < -0.39 is 0 Å². The molecule has 0 spiro atoms. The van der Waals surface area contributed by atoms with Crippen LogP contribution in [0.4, 0.5) is 0 Å². The normalized spacial score (nSPS) is 10.9. The molecule has 0 aliphatic rings. The average Bonchev–Trinajstić information content (AvgIpc) is 2.56. The second-order valence-electron chi connectivity index (χ2n) is 2.84. The Morgan fingerprint density at radius 3 is 3.12 bits per heavy atom. The van der Waals surface area contributed by atoms with Gasteiger partial charge in [-0.2, -0.15) is 0 Å². The second kappa shape index (κ2) is 5.44. The van der Waals surface area contributed by atoms with E-state index in [4.69, 9.17) is 20.0 Å². The van der Waals surface area contributed by atoms with Crippen molar-refractivity contribution in [2.75, 3.05) is 6.61 Å². The molecule has 0 aliphatic heterocycles. The molecule has 86 valence electrons. The molecule has 2 rings (SSSR count). The van der Waals surface area contributed by atoms with Crippen molar-refractivity contribution in [1.82, 2.24) is 9.38 Å². The number of aromatic nitrogens is 2. The van der Waals surface area contributed by atoms with Crippen molar-refractivity contribution in [1.29, 1.82) is 0 Å². The SMILES string of the molecule is CCOSOc1c(Cl)nc2ccc(I)cn12. The van der Waals surface area contributed by atoms with Crippen LogP contribution in [0.25, 0.3) is 5.65 Å². The first-order valence-corrected chi connectivity index (χ1v) is 6.64. The van der Waals surface area contributed by atoms with Gasteiger partial charge in [-0.15, -0.1) is 0 Å². The molecule has 0 unspecified atom stereocenters. The molecule has 0 bridgehead atoms. The molecule has 2 aromatic rings. The standard InChI is InChI=1S/C9H8ClIN2O2S/c1-2-14-16-15-9-8(10)12-7-4-3-6(11)5-13(7)9/h3-5H,2H2,1H3. The molecule has 0 fully saturated rings.